The van der Waals surface area contributed by atoms with Crippen molar-refractivity contribution in [1.29, 1.82) is 0 Å². The maximum Gasteiger partial charge on any atom is 0.0709 e. The molecule has 1 fully saturated rings. The van der Waals surface area contributed by atoms with Crippen LogP contribution in [0.1, 0.15) is 12.8 Å². The highest BCUT2D eigenvalue weighted by Crippen LogP contribution is 2.40. The van der Waals surface area contributed by atoms with Gasteiger partial charge in [-0.25, -0.2) is 0 Å². The van der Waals surface area contributed by atoms with Crippen LogP contribution in [0.3, 0.4) is 0 Å². The number of anilines is 2. The van der Waals surface area contributed by atoms with Crippen LogP contribution in [0.4, 0.5) is 11.4 Å². The van der Waals surface area contributed by atoms with Gasteiger partial charge < -0.3 is 10.2 Å². The summed E-state index contributed by atoms with van der Waals surface area (Å²) >= 11 is 1.79. The van der Waals surface area contributed by atoms with Crippen molar-refractivity contribution in [2.45, 2.75) is 18.9 Å². The highest BCUT2D eigenvalue weighted by atomic mass is 32.1. The molecule has 2 aliphatic rings. The van der Waals surface area contributed by atoms with Crippen LogP contribution in [0.5, 0.6) is 0 Å². The lowest BCUT2D eigenvalue weighted by atomic mass is 10.1. The highest BCUT2D eigenvalue weighted by molar-refractivity contribution is 7.09. The summed E-state index contributed by atoms with van der Waals surface area (Å²) in [6, 6.07) is 0.701. The Morgan fingerprint density at radius 3 is 3.08 bits per heavy atom. The van der Waals surface area contributed by atoms with Crippen LogP contribution in [-0.4, -0.2) is 19.6 Å². The third-order valence-electron chi connectivity index (χ3n) is 3.06. The molecule has 1 saturated carbocycles. The summed E-state index contributed by atoms with van der Waals surface area (Å²) < 4.78 is 0. The molecule has 3 heteroatoms. The topological polar surface area (TPSA) is 15.3 Å². The quantitative estimate of drug-likeness (QED) is 0.738. The normalized spacial score (nSPS) is 26.8. The number of fused-ring (bicyclic) bond motifs is 1. The van der Waals surface area contributed by atoms with Gasteiger partial charge in [-0.1, -0.05) is 0 Å². The first-order valence-corrected chi connectivity index (χ1v) is 5.83. The third kappa shape index (κ3) is 1.22. The van der Waals surface area contributed by atoms with E-state index in [1.165, 1.54) is 30.8 Å². The molecular formula is C10H14N2S. The van der Waals surface area contributed by atoms with Gasteiger partial charge in [-0.3, -0.25) is 0 Å². The Balaban J connectivity index is 1.88. The fourth-order valence-electron chi connectivity index (χ4n) is 2.10. The van der Waals surface area contributed by atoms with Crippen molar-refractivity contribution in [1.82, 2.24) is 0 Å². The number of nitrogens with zero attached hydrogens (tertiary/aromatic N) is 1. The second-order valence-corrected chi connectivity index (χ2v) is 4.88. The summed E-state index contributed by atoms with van der Waals surface area (Å²) in [5.74, 6) is 0.940. The van der Waals surface area contributed by atoms with Gasteiger partial charge in [0, 0.05) is 30.4 Å². The van der Waals surface area contributed by atoms with Crippen LogP contribution >= 0.6 is 11.3 Å². The minimum atomic E-state index is 0.701. The fourth-order valence-corrected chi connectivity index (χ4v) is 2.93. The van der Waals surface area contributed by atoms with E-state index in [4.69, 9.17) is 0 Å². The van der Waals surface area contributed by atoms with Crippen molar-refractivity contribution >= 4 is 22.7 Å². The van der Waals surface area contributed by atoms with Crippen molar-refractivity contribution in [3.8, 4) is 0 Å². The van der Waals surface area contributed by atoms with E-state index < -0.39 is 0 Å². The molecule has 70 valence electrons. The molecule has 2 nitrogen and oxygen atoms in total. The van der Waals surface area contributed by atoms with Crippen LogP contribution in [0.25, 0.3) is 0 Å². The summed E-state index contributed by atoms with van der Waals surface area (Å²) in [7, 11) is 2.20. The second-order valence-electron chi connectivity index (χ2n) is 4.14. The summed E-state index contributed by atoms with van der Waals surface area (Å²) in [5.41, 5.74) is 2.72. The molecule has 1 unspecified atom stereocenters. The molecule has 0 bridgehead atoms. The maximum absolute atomic E-state index is 3.64. The minimum absolute atomic E-state index is 0.701. The van der Waals surface area contributed by atoms with E-state index in [-0.39, 0.29) is 0 Å². The summed E-state index contributed by atoms with van der Waals surface area (Å²) in [6.45, 7) is 1.18. The van der Waals surface area contributed by atoms with E-state index in [1.807, 2.05) is 0 Å². The van der Waals surface area contributed by atoms with Gasteiger partial charge in [0.25, 0.3) is 0 Å². The largest absolute Gasteiger partial charge is 0.378 e. The van der Waals surface area contributed by atoms with Crippen LogP contribution in [-0.2, 0) is 0 Å². The minimum Gasteiger partial charge on any atom is -0.378 e. The predicted molar refractivity (Wildman–Crippen MR) is 57.7 cm³/mol. The van der Waals surface area contributed by atoms with Crippen molar-refractivity contribution in [3.63, 3.8) is 0 Å². The monoisotopic (exact) mass is 194 g/mol. The molecular weight excluding hydrogens is 180 g/mol. The highest BCUT2D eigenvalue weighted by Gasteiger charge is 2.34. The molecule has 13 heavy (non-hydrogen) atoms. The lowest BCUT2D eigenvalue weighted by Crippen LogP contribution is -2.40. The molecule has 0 aromatic carbocycles. The van der Waals surface area contributed by atoms with Gasteiger partial charge in [0.05, 0.1) is 11.4 Å². The molecule has 1 aromatic rings. The molecule has 0 saturated heterocycles. The number of hydrogen-bond acceptors (Lipinski definition) is 3. The maximum atomic E-state index is 3.64. The van der Waals surface area contributed by atoms with Gasteiger partial charge in [0.2, 0.25) is 0 Å². The van der Waals surface area contributed by atoms with Crippen LogP contribution < -0.4 is 10.2 Å². The van der Waals surface area contributed by atoms with Gasteiger partial charge in [0.1, 0.15) is 0 Å². The predicted octanol–water partition coefficient (Wildman–Crippen LogP) is 2.39. The molecule has 2 heterocycles. The Bertz CT molecular complexity index is 316. The molecule has 1 aliphatic heterocycles. The Morgan fingerprint density at radius 2 is 2.31 bits per heavy atom. The van der Waals surface area contributed by atoms with E-state index in [1.54, 1.807) is 11.3 Å². The van der Waals surface area contributed by atoms with Gasteiger partial charge in [0.15, 0.2) is 0 Å². The smallest absolute Gasteiger partial charge is 0.0709 e. The van der Waals surface area contributed by atoms with Crippen LogP contribution in [0.2, 0.25) is 0 Å². The molecule has 0 spiro atoms. The van der Waals surface area contributed by atoms with E-state index in [2.05, 4.69) is 28.0 Å². The third-order valence-corrected chi connectivity index (χ3v) is 3.79. The van der Waals surface area contributed by atoms with Crippen molar-refractivity contribution in [3.05, 3.63) is 10.8 Å². The van der Waals surface area contributed by atoms with Crippen molar-refractivity contribution < 1.29 is 0 Å². The van der Waals surface area contributed by atoms with Gasteiger partial charge in [-0.05, 0) is 18.8 Å². The Labute approximate surface area is 82.6 Å². The average molecular weight is 194 g/mol. The van der Waals surface area contributed by atoms with Gasteiger partial charge in [-0.2, -0.15) is 0 Å². The summed E-state index contributed by atoms with van der Waals surface area (Å²) in [5, 5.41) is 8.09. The van der Waals surface area contributed by atoms with E-state index in [9.17, 15) is 0 Å². The number of hydrogen-bond donors (Lipinski definition) is 1. The Kier molecular flexibility index (Phi) is 1.56. The van der Waals surface area contributed by atoms with Crippen molar-refractivity contribution in [2.75, 3.05) is 23.8 Å². The number of likely N-dealkylation sites (N-methyl/N-ethyl adjacent to an activating group) is 1. The van der Waals surface area contributed by atoms with E-state index in [0.717, 1.165) is 5.92 Å². The standard InChI is InChI=1S/C10H14N2S/c1-12-4-8(7-2-3-7)11-9-5-13-6-10(9)12/h5-8,11H,2-4H2,1H3. The zero-order valence-electron chi connectivity index (χ0n) is 7.79. The first-order valence-electron chi connectivity index (χ1n) is 4.88. The van der Waals surface area contributed by atoms with Gasteiger partial charge >= 0.3 is 0 Å². The zero-order chi connectivity index (χ0) is 8.84. The number of thiophene rings is 1. The fraction of sp³-hybridized carbons (Fsp3) is 0.600. The Morgan fingerprint density at radius 1 is 1.46 bits per heavy atom. The first-order chi connectivity index (χ1) is 6.34. The lowest BCUT2D eigenvalue weighted by molar-refractivity contribution is 0.614. The SMILES string of the molecule is CN1CC(C2CC2)Nc2cscc21. The van der Waals surface area contributed by atoms with Crippen LogP contribution in [0.15, 0.2) is 10.8 Å². The Hall–Kier alpha value is -0.700. The van der Waals surface area contributed by atoms with Crippen LogP contribution in [0, 0.1) is 5.92 Å². The number of rotatable bonds is 1. The molecule has 1 atom stereocenters. The molecule has 1 aliphatic carbocycles. The average Bonchev–Trinajstić information content (AvgIpc) is 2.85. The molecule has 0 radical (unpaired) electrons. The van der Waals surface area contributed by atoms with E-state index in [0.29, 0.717) is 6.04 Å². The molecule has 1 N–H and O–H groups in total. The van der Waals surface area contributed by atoms with Crippen molar-refractivity contribution in [2.24, 2.45) is 5.92 Å². The van der Waals surface area contributed by atoms with E-state index >= 15 is 0 Å². The second kappa shape index (κ2) is 2.64. The first kappa shape index (κ1) is 7.68. The molecule has 0 amide bonds. The zero-order valence-corrected chi connectivity index (χ0v) is 8.60. The van der Waals surface area contributed by atoms with Gasteiger partial charge in [-0.15, -0.1) is 11.3 Å². The number of nitrogens with one attached hydrogen (secondary N) is 1. The molecule has 1 aromatic heterocycles. The summed E-state index contributed by atoms with van der Waals surface area (Å²) in [6.07, 6.45) is 2.84. The molecule has 3 rings (SSSR count). The lowest BCUT2D eigenvalue weighted by Gasteiger charge is -2.33. The summed E-state index contributed by atoms with van der Waals surface area (Å²) in [4.78, 5) is 2.38.